The van der Waals surface area contributed by atoms with Gasteiger partial charge in [0.1, 0.15) is 0 Å². The molecule has 2 aromatic rings. The number of hydrogen-bond donors (Lipinski definition) is 1. The van der Waals surface area contributed by atoms with E-state index in [2.05, 4.69) is 19.2 Å². The van der Waals surface area contributed by atoms with E-state index in [0.717, 1.165) is 17.5 Å². The summed E-state index contributed by atoms with van der Waals surface area (Å²) >= 11 is 0. The minimum atomic E-state index is -0.913. The lowest BCUT2D eigenvalue weighted by Crippen LogP contribution is -2.56. The smallest absolute Gasteiger partial charge is 0.255 e. The Hall–Kier alpha value is -2.70. The molecule has 2 bridgehead atoms. The van der Waals surface area contributed by atoms with Crippen LogP contribution in [0.4, 0.5) is 0 Å². The molecule has 31 heavy (non-hydrogen) atoms. The van der Waals surface area contributed by atoms with Crippen LogP contribution in [-0.2, 0) is 32.0 Å². The summed E-state index contributed by atoms with van der Waals surface area (Å²) in [6.45, 7) is 5.22. The van der Waals surface area contributed by atoms with Gasteiger partial charge in [0.15, 0.2) is 18.5 Å². The molecular weight excluding hydrogens is 392 g/mol. The molecule has 0 unspecified atom stereocenters. The Kier molecular flexibility index (Phi) is 6.68. The largest absolute Gasteiger partial charge is 0.354 e. The van der Waals surface area contributed by atoms with Crippen LogP contribution < -0.4 is 5.32 Å². The zero-order valence-electron chi connectivity index (χ0n) is 18.1. The van der Waals surface area contributed by atoms with Gasteiger partial charge < -0.3 is 19.7 Å². The van der Waals surface area contributed by atoms with Gasteiger partial charge in [0, 0.05) is 13.1 Å². The molecule has 2 saturated heterocycles. The number of carbonyl (C=O) groups excluding carboxylic acids is 2. The first kappa shape index (κ1) is 21.5. The first-order valence-corrected chi connectivity index (χ1v) is 11.0. The van der Waals surface area contributed by atoms with Crippen LogP contribution in [0, 0.1) is 5.92 Å². The molecule has 2 aromatic carbocycles. The summed E-state index contributed by atoms with van der Waals surface area (Å²) in [5, 5.41) is 2.90. The van der Waals surface area contributed by atoms with Crippen LogP contribution in [0.2, 0.25) is 0 Å². The molecule has 0 saturated carbocycles. The van der Waals surface area contributed by atoms with E-state index >= 15 is 0 Å². The van der Waals surface area contributed by atoms with Gasteiger partial charge in [0.05, 0.1) is 6.04 Å². The highest BCUT2D eigenvalue weighted by Gasteiger charge is 2.55. The molecule has 6 heteroatoms. The van der Waals surface area contributed by atoms with Gasteiger partial charge in [-0.25, -0.2) is 0 Å². The van der Waals surface area contributed by atoms with Gasteiger partial charge in [-0.3, -0.25) is 9.59 Å². The van der Waals surface area contributed by atoms with E-state index in [1.807, 2.05) is 65.6 Å². The quantitative estimate of drug-likeness (QED) is 0.710. The van der Waals surface area contributed by atoms with Gasteiger partial charge in [-0.15, -0.1) is 0 Å². The number of nitrogens with one attached hydrogen (secondary N) is 1. The van der Waals surface area contributed by atoms with Gasteiger partial charge in [0.2, 0.25) is 0 Å². The molecule has 0 aromatic heterocycles. The lowest BCUT2D eigenvalue weighted by Gasteiger charge is -2.38. The van der Waals surface area contributed by atoms with Crippen LogP contribution in [0.25, 0.3) is 0 Å². The zero-order valence-corrected chi connectivity index (χ0v) is 18.1. The summed E-state index contributed by atoms with van der Waals surface area (Å²) in [6, 6.07) is 19.6. The van der Waals surface area contributed by atoms with Gasteiger partial charge in [-0.1, -0.05) is 74.5 Å². The van der Waals surface area contributed by atoms with E-state index in [1.54, 1.807) is 0 Å². The third-order valence-corrected chi connectivity index (χ3v) is 5.84. The summed E-state index contributed by atoms with van der Waals surface area (Å²) in [5.41, 5.74) is 2.13. The molecule has 6 nitrogen and oxygen atoms in total. The van der Waals surface area contributed by atoms with Crippen molar-refractivity contribution >= 4 is 11.8 Å². The average Bonchev–Trinajstić information content (AvgIpc) is 3.18. The van der Waals surface area contributed by atoms with Crippen molar-refractivity contribution in [3.05, 3.63) is 71.8 Å². The number of ether oxygens (including phenoxy) is 2. The minimum Gasteiger partial charge on any atom is -0.354 e. The topological polar surface area (TPSA) is 67.9 Å². The highest BCUT2D eigenvalue weighted by Crippen LogP contribution is 2.34. The van der Waals surface area contributed by atoms with Crippen LogP contribution in [0.3, 0.4) is 0 Å². The van der Waals surface area contributed by atoms with E-state index in [1.165, 1.54) is 0 Å². The molecule has 2 amide bonds. The van der Waals surface area contributed by atoms with Crippen molar-refractivity contribution < 1.29 is 19.1 Å². The Bertz CT molecular complexity index is 887. The maximum Gasteiger partial charge on any atom is 0.255 e. The molecule has 2 aliphatic rings. The standard InChI is InChI=1S/C25H30N2O4/c1-17(2)13-14-26-23(28)21-22-24(29)27(16-19-11-7-4-8-12-19)20(25(30-21)31-22)15-18-9-5-3-6-10-18/h3-12,17,20-22,25H,13-16H2,1-2H3,(H,26,28)/t20-,21+,22-,25-/m0/s1. The van der Waals surface area contributed by atoms with Crippen molar-refractivity contribution in [3.63, 3.8) is 0 Å². The maximum absolute atomic E-state index is 13.4. The highest BCUT2D eigenvalue weighted by molar-refractivity contribution is 5.92. The molecule has 4 atom stereocenters. The van der Waals surface area contributed by atoms with Crippen molar-refractivity contribution in [2.24, 2.45) is 5.92 Å². The van der Waals surface area contributed by atoms with Crippen molar-refractivity contribution in [2.75, 3.05) is 6.54 Å². The SMILES string of the molecule is CC(C)CCNC(=O)[C@@H]1O[C@H]2O[C@@H]1C(=O)N(Cc1ccccc1)[C@H]2Cc1ccccc1. The second-order valence-corrected chi connectivity index (χ2v) is 8.66. The molecule has 0 spiro atoms. The van der Waals surface area contributed by atoms with Crippen LogP contribution in [0.1, 0.15) is 31.4 Å². The van der Waals surface area contributed by atoms with Gasteiger partial charge in [0.25, 0.3) is 11.8 Å². The number of carbonyl (C=O) groups is 2. The van der Waals surface area contributed by atoms with E-state index in [9.17, 15) is 9.59 Å². The Morgan fingerprint density at radius 2 is 1.65 bits per heavy atom. The number of benzene rings is 2. The predicted octanol–water partition coefficient (Wildman–Crippen LogP) is 2.91. The molecule has 0 aliphatic carbocycles. The van der Waals surface area contributed by atoms with E-state index in [-0.39, 0.29) is 17.9 Å². The molecule has 2 fully saturated rings. The molecule has 4 rings (SSSR count). The summed E-state index contributed by atoms with van der Waals surface area (Å²) in [7, 11) is 0. The van der Waals surface area contributed by atoms with E-state index in [4.69, 9.17) is 9.47 Å². The lowest BCUT2D eigenvalue weighted by atomic mass is 10.0. The fraction of sp³-hybridized carbons (Fsp3) is 0.440. The second kappa shape index (κ2) is 9.62. The number of morpholine rings is 1. The van der Waals surface area contributed by atoms with Crippen LogP contribution in [0.15, 0.2) is 60.7 Å². The van der Waals surface area contributed by atoms with Crippen molar-refractivity contribution in [1.82, 2.24) is 10.2 Å². The maximum atomic E-state index is 13.4. The van der Waals surface area contributed by atoms with Crippen LogP contribution in [0.5, 0.6) is 0 Å². The normalized spacial score (nSPS) is 25.1. The summed E-state index contributed by atoms with van der Waals surface area (Å²) in [6.07, 6.45) is -0.979. The Morgan fingerprint density at radius 1 is 1.00 bits per heavy atom. The third kappa shape index (κ3) is 4.97. The molecule has 0 radical (unpaired) electrons. The first-order chi connectivity index (χ1) is 15.0. The molecule has 1 N–H and O–H groups in total. The Morgan fingerprint density at radius 3 is 2.29 bits per heavy atom. The zero-order chi connectivity index (χ0) is 21.8. The van der Waals surface area contributed by atoms with Crippen molar-refractivity contribution in [1.29, 1.82) is 0 Å². The van der Waals surface area contributed by atoms with Gasteiger partial charge in [-0.2, -0.15) is 0 Å². The third-order valence-electron chi connectivity index (χ3n) is 5.84. The Labute approximate surface area is 183 Å². The Balaban J connectivity index is 1.54. The molecule has 2 heterocycles. The second-order valence-electron chi connectivity index (χ2n) is 8.66. The van der Waals surface area contributed by atoms with Gasteiger partial charge >= 0.3 is 0 Å². The van der Waals surface area contributed by atoms with Crippen molar-refractivity contribution in [3.8, 4) is 0 Å². The average molecular weight is 423 g/mol. The highest BCUT2D eigenvalue weighted by atomic mass is 16.7. The first-order valence-electron chi connectivity index (χ1n) is 11.0. The molecular formula is C25H30N2O4. The van der Waals surface area contributed by atoms with E-state index < -0.39 is 18.5 Å². The fourth-order valence-corrected chi connectivity index (χ4v) is 4.13. The van der Waals surface area contributed by atoms with Crippen LogP contribution >= 0.6 is 0 Å². The summed E-state index contributed by atoms with van der Waals surface area (Å²) < 4.78 is 12.0. The van der Waals surface area contributed by atoms with E-state index in [0.29, 0.717) is 25.4 Å². The van der Waals surface area contributed by atoms with Crippen LogP contribution in [-0.4, -0.2) is 47.8 Å². The molecule has 164 valence electrons. The van der Waals surface area contributed by atoms with Gasteiger partial charge in [-0.05, 0) is 29.9 Å². The molecule has 2 aliphatic heterocycles. The number of nitrogens with zero attached hydrogens (tertiary/aromatic N) is 1. The number of fused-ring (bicyclic) bond motifs is 2. The predicted molar refractivity (Wildman–Crippen MR) is 117 cm³/mol. The lowest BCUT2D eigenvalue weighted by molar-refractivity contribution is -0.177. The monoisotopic (exact) mass is 422 g/mol. The fourth-order valence-electron chi connectivity index (χ4n) is 4.13. The number of rotatable bonds is 8. The van der Waals surface area contributed by atoms with Crippen molar-refractivity contribution in [2.45, 2.75) is 57.8 Å². The number of amides is 2. The summed E-state index contributed by atoms with van der Waals surface area (Å²) in [4.78, 5) is 28.0. The summed E-state index contributed by atoms with van der Waals surface area (Å²) in [5.74, 6) is 0.0163. The number of hydrogen-bond acceptors (Lipinski definition) is 4. The minimum absolute atomic E-state index is 0.192.